The van der Waals surface area contributed by atoms with Gasteiger partial charge in [0.25, 0.3) is 0 Å². The molecule has 0 radical (unpaired) electrons. The zero-order valence-electron chi connectivity index (χ0n) is 35.9. The van der Waals surface area contributed by atoms with E-state index in [1.54, 1.807) is 0 Å². The lowest BCUT2D eigenvalue weighted by Gasteiger charge is -2.18. The first kappa shape index (κ1) is 51.4. The summed E-state index contributed by atoms with van der Waals surface area (Å²) in [6, 6.07) is 2.23. The van der Waals surface area contributed by atoms with Gasteiger partial charge in [-0.2, -0.15) is 5.26 Å². The molecule has 0 aromatic heterocycles. The third-order valence-electron chi connectivity index (χ3n) is 10.9. The van der Waals surface area contributed by atoms with Crippen molar-refractivity contribution in [3.05, 3.63) is 0 Å². The Balaban J connectivity index is 4.09. The third-order valence-corrected chi connectivity index (χ3v) is 10.9. The molecule has 0 aliphatic heterocycles. The van der Waals surface area contributed by atoms with Crippen LogP contribution in [0.4, 0.5) is 0 Å². The van der Waals surface area contributed by atoms with Gasteiger partial charge in [-0.15, -0.1) is 0 Å². The Bertz CT molecular complexity index is 750. The van der Waals surface area contributed by atoms with Gasteiger partial charge in [-0.1, -0.05) is 169 Å². The van der Waals surface area contributed by atoms with Crippen molar-refractivity contribution in [3.8, 4) is 6.07 Å². The van der Waals surface area contributed by atoms with Crippen LogP contribution in [-0.4, -0.2) is 37.9 Å². The number of unbranched alkanes of at least 4 members (excludes halogenated alkanes) is 19. The lowest BCUT2D eigenvalue weighted by Crippen LogP contribution is -2.14. The molecule has 0 aliphatic rings. The van der Waals surface area contributed by atoms with Crippen molar-refractivity contribution < 1.29 is 23.8 Å². The molecule has 0 N–H and O–H groups in total. The molecule has 6 nitrogen and oxygen atoms in total. The van der Waals surface area contributed by atoms with E-state index < -0.39 is 0 Å². The summed E-state index contributed by atoms with van der Waals surface area (Å²) in [7, 11) is 0. The van der Waals surface area contributed by atoms with E-state index in [2.05, 4.69) is 33.8 Å². The van der Waals surface area contributed by atoms with Gasteiger partial charge < -0.3 is 14.2 Å². The maximum absolute atomic E-state index is 12.5. The van der Waals surface area contributed by atoms with Crippen molar-refractivity contribution in [2.24, 2.45) is 11.8 Å². The number of rotatable bonds is 42. The Morgan fingerprint density at radius 2 is 0.774 bits per heavy atom. The van der Waals surface area contributed by atoms with E-state index in [9.17, 15) is 9.59 Å². The first-order valence-electron chi connectivity index (χ1n) is 23.3. The van der Waals surface area contributed by atoms with Crippen LogP contribution in [0.5, 0.6) is 0 Å². The number of carbonyl (C=O) groups excluding carboxylic acids is 2. The smallest absolute Gasteiger partial charge is 0.306 e. The summed E-state index contributed by atoms with van der Waals surface area (Å²) in [5, 5.41) is 8.90. The Kier molecular flexibility index (Phi) is 40.3. The van der Waals surface area contributed by atoms with Gasteiger partial charge in [-0.05, 0) is 69.6 Å². The van der Waals surface area contributed by atoms with Crippen LogP contribution in [0.1, 0.15) is 246 Å². The van der Waals surface area contributed by atoms with Gasteiger partial charge in [0.2, 0.25) is 0 Å². The van der Waals surface area contributed by atoms with Crippen LogP contribution in [0, 0.1) is 23.2 Å². The summed E-state index contributed by atoms with van der Waals surface area (Å²) in [4.78, 5) is 24.9. The summed E-state index contributed by atoms with van der Waals surface area (Å²) < 4.78 is 17.5. The number of nitrogens with zero attached hydrogens (tertiary/aromatic N) is 1. The maximum Gasteiger partial charge on any atom is 0.306 e. The molecule has 312 valence electrons. The van der Waals surface area contributed by atoms with E-state index in [4.69, 9.17) is 19.5 Å². The molecule has 0 spiro atoms. The molecule has 0 aromatic carbocycles. The third kappa shape index (κ3) is 37.1. The highest BCUT2D eigenvalue weighted by atomic mass is 16.5. The molecule has 0 saturated carbocycles. The lowest BCUT2D eigenvalue weighted by atomic mass is 9.92. The van der Waals surface area contributed by atoms with Crippen LogP contribution in [0.25, 0.3) is 0 Å². The molecule has 0 rings (SSSR count). The number of hydrogen-bond acceptors (Lipinski definition) is 6. The second kappa shape index (κ2) is 41.6. The highest BCUT2D eigenvalue weighted by Gasteiger charge is 2.16. The molecule has 53 heavy (non-hydrogen) atoms. The van der Waals surface area contributed by atoms with E-state index in [0.29, 0.717) is 57.0 Å². The van der Waals surface area contributed by atoms with Crippen molar-refractivity contribution in [2.45, 2.75) is 252 Å². The fraction of sp³-hybridized carbons (Fsp3) is 0.936. The monoisotopic (exact) mass is 748 g/mol. The van der Waals surface area contributed by atoms with Crippen molar-refractivity contribution >= 4 is 11.9 Å². The Labute approximate surface area is 330 Å². The fourth-order valence-corrected chi connectivity index (χ4v) is 7.46. The molecule has 0 aromatic rings. The molecule has 0 bridgehead atoms. The number of ether oxygens (including phenoxy) is 3. The van der Waals surface area contributed by atoms with Gasteiger partial charge in [0, 0.05) is 25.9 Å². The number of hydrogen-bond donors (Lipinski definition) is 0. The van der Waals surface area contributed by atoms with Crippen LogP contribution in [0.3, 0.4) is 0 Å². The Morgan fingerprint density at radius 3 is 1.13 bits per heavy atom. The molecular formula is C47H89NO5. The summed E-state index contributed by atoms with van der Waals surface area (Å²) in [5.41, 5.74) is 0. The average Bonchev–Trinajstić information content (AvgIpc) is 3.14. The molecule has 0 heterocycles. The minimum absolute atomic E-state index is 0.0104. The zero-order chi connectivity index (χ0) is 38.9. The van der Waals surface area contributed by atoms with Crippen molar-refractivity contribution in [1.82, 2.24) is 0 Å². The van der Waals surface area contributed by atoms with Gasteiger partial charge >= 0.3 is 11.9 Å². The SMILES string of the molecule is CCCCCC(CCCCC)CC(=O)OCCCCCCCCC(CCCCCCCCOC(=O)CC(CCCCC)CCCCC)OCCCC#N. The minimum Gasteiger partial charge on any atom is -0.466 e. The van der Waals surface area contributed by atoms with E-state index >= 15 is 0 Å². The predicted octanol–water partition coefficient (Wildman–Crippen LogP) is 14.6. The lowest BCUT2D eigenvalue weighted by molar-refractivity contribution is -0.146. The molecule has 6 heteroatoms. The van der Waals surface area contributed by atoms with Crippen LogP contribution in [-0.2, 0) is 23.8 Å². The molecule has 0 fully saturated rings. The molecule has 0 aliphatic carbocycles. The molecule has 0 unspecified atom stereocenters. The Hall–Kier alpha value is -1.61. The summed E-state index contributed by atoms with van der Waals surface area (Å²) in [6.45, 7) is 10.8. The van der Waals surface area contributed by atoms with Crippen LogP contribution < -0.4 is 0 Å². The van der Waals surface area contributed by atoms with Crippen LogP contribution >= 0.6 is 0 Å². The molecule has 0 amide bonds. The van der Waals surface area contributed by atoms with Crippen molar-refractivity contribution in [1.29, 1.82) is 5.26 Å². The fourth-order valence-electron chi connectivity index (χ4n) is 7.46. The van der Waals surface area contributed by atoms with Gasteiger partial charge in [-0.3, -0.25) is 9.59 Å². The summed E-state index contributed by atoms with van der Waals surface area (Å²) in [6.07, 6.45) is 38.5. The van der Waals surface area contributed by atoms with Crippen molar-refractivity contribution in [3.63, 3.8) is 0 Å². The summed E-state index contributed by atoms with van der Waals surface area (Å²) >= 11 is 0. The van der Waals surface area contributed by atoms with E-state index in [0.717, 1.165) is 44.9 Å². The normalized spacial score (nSPS) is 11.5. The topological polar surface area (TPSA) is 85.6 Å². The standard InChI is InChI=1S/C47H89NO5/c1-5-9-21-31-43(32-22-10-6-2)41-46(49)52-39-28-19-15-13-17-25-35-45(51-38-30-27-37-48)36-26-18-14-16-20-29-40-53-47(50)42-44(33-23-11-7-3)34-24-12-8-4/h43-45H,5-36,38-42H2,1-4H3. The molecular weight excluding hydrogens is 659 g/mol. The van der Waals surface area contributed by atoms with Gasteiger partial charge in [0.15, 0.2) is 0 Å². The zero-order valence-corrected chi connectivity index (χ0v) is 35.9. The average molecular weight is 748 g/mol. The number of carbonyl (C=O) groups is 2. The van der Waals surface area contributed by atoms with Gasteiger partial charge in [0.1, 0.15) is 0 Å². The van der Waals surface area contributed by atoms with Gasteiger partial charge in [-0.25, -0.2) is 0 Å². The number of esters is 2. The second-order valence-electron chi connectivity index (χ2n) is 16.1. The predicted molar refractivity (Wildman–Crippen MR) is 224 cm³/mol. The first-order chi connectivity index (χ1) is 26.0. The minimum atomic E-state index is 0.0104. The van der Waals surface area contributed by atoms with Gasteiger partial charge in [0.05, 0.1) is 25.4 Å². The highest BCUT2D eigenvalue weighted by molar-refractivity contribution is 5.70. The highest BCUT2D eigenvalue weighted by Crippen LogP contribution is 2.23. The first-order valence-corrected chi connectivity index (χ1v) is 23.3. The number of nitriles is 1. The maximum atomic E-state index is 12.5. The van der Waals surface area contributed by atoms with Crippen molar-refractivity contribution in [2.75, 3.05) is 19.8 Å². The summed E-state index contributed by atoms with van der Waals surface area (Å²) in [5.74, 6) is 1.02. The van der Waals surface area contributed by atoms with E-state index in [1.165, 1.54) is 154 Å². The van der Waals surface area contributed by atoms with E-state index in [1.807, 2.05) is 0 Å². The second-order valence-corrected chi connectivity index (χ2v) is 16.1. The largest absolute Gasteiger partial charge is 0.466 e. The molecule has 0 atom stereocenters. The van der Waals surface area contributed by atoms with Crippen LogP contribution in [0.15, 0.2) is 0 Å². The molecule has 0 saturated heterocycles. The van der Waals surface area contributed by atoms with E-state index in [-0.39, 0.29) is 11.9 Å². The quantitative estimate of drug-likeness (QED) is 0.0456. The van der Waals surface area contributed by atoms with Crippen LogP contribution in [0.2, 0.25) is 0 Å². The Morgan fingerprint density at radius 1 is 0.434 bits per heavy atom.